The fourth-order valence-electron chi connectivity index (χ4n) is 4.89. The van der Waals surface area contributed by atoms with Crippen LogP contribution < -0.4 is 10.1 Å². The summed E-state index contributed by atoms with van der Waals surface area (Å²) in [6.07, 6.45) is 1.03. The van der Waals surface area contributed by atoms with Crippen molar-refractivity contribution in [3.8, 4) is 5.75 Å². The molecule has 0 saturated carbocycles. The Labute approximate surface area is 199 Å². The summed E-state index contributed by atoms with van der Waals surface area (Å²) in [5, 5.41) is 13.2. The zero-order valence-corrected chi connectivity index (χ0v) is 20.4. The smallest absolute Gasteiger partial charge is 0.231 e. The molecule has 0 atom stereocenters. The highest BCUT2D eigenvalue weighted by Gasteiger charge is 2.37. The first-order chi connectivity index (χ1) is 16.1. The van der Waals surface area contributed by atoms with Gasteiger partial charge in [-0.3, -0.25) is 4.90 Å². The number of azo groups is 1. The van der Waals surface area contributed by atoms with Crippen LogP contribution >= 0.6 is 11.3 Å². The number of aromatic nitrogens is 1. The van der Waals surface area contributed by atoms with Crippen molar-refractivity contribution in [2.24, 2.45) is 10.2 Å². The first kappa shape index (κ1) is 22.4. The number of piperazine rings is 3. The van der Waals surface area contributed by atoms with Crippen molar-refractivity contribution in [1.82, 2.24) is 15.2 Å². The second-order valence-corrected chi connectivity index (χ2v) is 10.2. The largest absolute Gasteiger partial charge is 0.497 e. The molecule has 6 rings (SSSR count). The standard InChI is InChI=1S/C25H33N6OS/c1-19-17-20(7-8-26-9-13-31-14-10-30(11-15-31)12-16-31)3-5-22(19)28-29-25-27-23-18-21(32-2)4-6-24(23)33-25/h3-6,17-18,26H,7-16H2,1-2H3/q+1. The van der Waals surface area contributed by atoms with Gasteiger partial charge in [-0.25, -0.2) is 4.98 Å². The van der Waals surface area contributed by atoms with E-state index in [1.165, 1.54) is 67.2 Å². The average Bonchev–Trinajstić information content (AvgIpc) is 3.26. The third-order valence-corrected chi connectivity index (χ3v) is 8.03. The van der Waals surface area contributed by atoms with Crippen LogP contribution in [0, 0.1) is 6.92 Å². The van der Waals surface area contributed by atoms with Crippen molar-refractivity contribution in [2.75, 3.05) is 66.0 Å². The molecule has 3 aliphatic rings. The number of quaternary nitrogens is 1. The zero-order valence-electron chi connectivity index (χ0n) is 19.6. The van der Waals surface area contributed by atoms with Crippen LogP contribution in [0.25, 0.3) is 10.2 Å². The fraction of sp³-hybridized carbons (Fsp3) is 0.480. The van der Waals surface area contributed by atoms with Crippen LogP contribution in [-0.4, -0.2) is 80.4 Å². The number of benzene rings is 2. The van der Waals surface area contributed by atoms with Gasteiger partial charge in [-0.1, -0.05) is 23.5 Å². The van der Waals surface area contributed by atoms with Crippen LogP contribution in [0.4, 0.5) is 10.8 Å². The van der Waals surface area contributed by atoms with E-state index in [1.54, 1.807) is 7.11 Å². The van der Waals surface area contributed by atoms with Gasteiger partial charge in [0.05, 0.1) is 49.2 Å². The van der Waals surface area contributed by atoms with E-state index in [-0.39, 0.29) is 0 Å². The summed E-state index contributed by atoms with van der Waals surface area (Å²) in [5.41, 5.74) is 4.26. The maximum atomic E-state index is 5.27. The van der Waals surface area contributed by atoms with Crippen LogP contribution in [0.3, 0.4) is 0 Å². The molecule has 174 valence electrons. The lowest BCUT2D eigenvalue weighted by Gasteiger charge is -2.50. The lowest BCUT2D eigenvalue weighted by molar-refractivity contribution is -0.939. The van der Waals surface area contributed by atoms with Gasteiger partial charge < -0.3 is 14.5 Å². The number of rotatable bonds is 9. The summed E-state index contributed by atoms with van der Waals surface area (Å²) in [7, 11) is 1.66. The molecule has 0 unspecified atom stereocenters. The molecule has 8 heteroatoms. The summed E-state index contributed by atoms with van der Waals surface area (Å²) in [6, 6.07) is 12.3. The molecule has 4 heterocycles. The highest BCUT2D eigenvalue weighted by atomic mass is 32.1. The Kier molecular flexibility index (Phi) is 6.69. The van der Waals surface area contributed by atoms with Crippen LogP contribution in [0.15, 0.2) is 46.6 Å². The third kappa shape index (κ3) is 5.24. The normalized spacial score (nSPS) is 22.4. The molecule has 3 aliphatic heterocycles. The minimum atomic E-state index is 0.660. The molecule has 3 aromatic rings. The lowest BCUT2D eigenvalue weighted by Crippen LogP contribution is -2.68. The number of methoxy groups -OCH3 is 1. The van der Waals surface area contributed by atoms with Crippen molar-refractivity contribution in [2.45, 2.75) is 13.3 Å². The summed E-state index contributed by atoms with van der Waals surface area (Å²) in [5.74, 6) is 0.801. The first-order valence-electron chi connectivity index (χ1n) is 11.9. The minimum Gasteiger partial charge on any atom is -0.497 e. The van der Waals surface area contributed by atoms with Crippen molar-refractivity contribution in [1.29, 1.82) is 0 Å². The molecule has 0 spiro atoms. The Morgan fingerprint density at radius 2 is 1.88 bits per heavy atom. The fourth-order valence-corrected chi connectivity index (χ4v) is 5.66. The second-order valence-electron chi connectivity index (χ2n) is 9.23. The molecule has 0 amide bonds. The summed E-state index contributed by atoms with van der Waals surface area (Å²) >= 11 is 1.54. The molecule has 1 N–H and O–H groups in total. The monoisotopic (exact) mass is 465 g/mol. The van der Waals surface area contributed by atoms with Gasteiger partial charge in [-0.05, 0) is 49.2 Å². The Hall–Kier alpha value is -2.39. The van der Waals surface area contributed by atoms with Gasteiger partial charge in [-0.2, -0.15) is 0 Å². The van der Waals surface area contributed by atoms with Crippen molar-refractivity contribution >= 4 is 32.4 Å². The van der Waals surface area contributed by atoms with E-state index >= 15 is 0 Å². The highest BCUT2D eigenvalue weighted by Crippen LogP contribution is 2.32. The maximum absolute atomic E-state index is 5.27. The SMILES string of the molecule is COc1ccc2sc(N=Nc3ccc(CCNCC[N+]45CCN(CC4)CC5)cc3C)nc2c1. The van der Waals surface area contributed by atoms with E-state index in [0.717, 1.165) is 46.7 Å². The molecular formula is C25H33N6OS+. The number of hydrogen-bond acceptors (Lipinski definition) is 7. The third-order valence-electron chi connectivity index (χ3n) is 7.11. The van der Waals surface area contributed by atoms with Crippen LogP contribution in [0.1, 0.15) is 11.1 Å². The van der Waals surface area contributed by atoms with Gasteiger partial charge in [0.2, 0.25) is 5.13 Å². The number of fused-ring (bicyclic) bond motifs is 4. The Bertz CT molecular complexity index is 1120. The molecule has 0 aliphatic carbocycles. The summed E-state index contributed by atoms with van der Waals surface area (Å²) < 4.78 is 7.68. The quantitative estimate of drug-likeness (QED) is 0.291. The number of aryl methyl sites for hydroxylation is 1. The average molecular weight is 466 g/mol. The van der Waals surface area contributed by atoms with Crippen molar-refractivity contribution in [3.05, 3.63) is 47.5 Å². The Balaban J connectivity index is 1.12. The van der Waals surface area contributed by atoms with Crippen LogP contribution in [0.2, 0.25) is 0 Å². The number of nitrogens with zero attached hydrogens (tertiary/aromatic N) is 5. The van der Waals surface area contributed by atoms with Gasteiger partial charge in [0.1, 0.15) is 5.75 Å². The molecule has 3 fully saturated rings. The Morgan fingerprint density at radius 1 is 1.06 bits per heavy atom. The molecular weight excluding hydrogens is 432 g/mol. The summed E-state index contributed by atoms with van der Waals surface area (Å²) in [4.78, 5) is 7.16. The maximum Gasteiger partial charge on any atom is 0.231 e. The predicted octanol–water partition coefficient (Wildman–Crippen LogP) is 4.31. The molecule has 0 radical (unpaired) electrons. The summed E-state index contributed by atoms with van der Waals surface area (Å²) in [6.45, 7) is 13.4. The van der Waals surface area contributed by atoms with Crippen molar-refractivity contribution in [3.63, 3.8) is 0 Å². The van der Waals surface area contributed by atoms with Crippen molar-refractivity contribution < 1.29 is 9.22 Å². The minimum absolute atomic E-state index is 0.660. The molecule has 3 saturated heterocycles. The van der Waals surface area contributed by atoms with E-state index in [4.69, 9.17) is 4.74 Å². The topological polar surface area (TPSA) is 62.1 Å². The highest BCUT2D eigenvalue weighted by molar-refractivity contribution is 7.21. The second kappa shape index (κ2) is 9.85. The lowest BCUT2D eigenvalue weighted by atomic mass is 10.1. The molecule has 7 nitrogen and oxygen atoms in total. The molecule has 33 heavy (non-hydrogen) atoms. The first-order valence-corrected chi connectivity index (χ1v) is 12.7. The van der Waals surface area contributed by atoms with Gasteiger partial charge >= 0.3 is 0 Å². The van der Waals surface area contributed by atoms with E-state index < -0.39 is 0 Å². The molecule has 1 aromatic heterocycles. The van der Waals surface area contributed by atoms with Gasteiger partial charge in [0, 0.05) is 32.2 Å². The number of nitrogens with one attached hydrogen (secondary N) is 1. The zero-order chi connectivity index (χ0) is 22.7. The van der Waals surface area contributed by atoms with Gasteiger partial charge in [0.15, 0.2) is 0 Å². The number of ether oxygens (including phenoxy) is 1. The van der Waals surface area contributed by atoms with E-state index in [0.29, 0.717) is 5.13 Å². The van der Waals surface area contributed by atoms with Gasteiger partial charge in [0.25, 0.3) is 0 Å². The van der Waals surface area contributed by atoms with Crippen LogP contribution in [0.5, 0.6) is 5.75 Å². The van der Waals surface area contributed by atoms with Gasteiger partial charge in [-0.15, -0.1) is 10.2 Å². The number of thiazole rings is 1. The van der Waals surface area contributed by atoms with E-state index in [9.17, 15) is 0 Å². The number of hydrogen-bond donors (Lipinski definition) is 1. The molecule has 2 aromatic carbocycles. The van der Waals surface area contributed by atoms with E-state index in [1.807, 2.05) is 18.2 Å². The predicted molar refractivity (Wildman–Crippen MR) is 134 cm³/mol. The van der Waals surface area contributed by atoms with Crippen LogP contribution in [-0.2, 0) is 6.42 Å². The van der Waals surface area contributed by atoms with E-state index in [2.05, 4.69) is 50.6 Å². The molecule has 2 bridgehead atoms. The Morgan fingerprint density at radius 3 is 2.64 bits per heavy atom.